The summed E-state index contributed by atoms with van der Waals surface area (Å²) in [5, 5.41) is 13.5. The summed E-state index contributed by atoms with van der Waals surface area (Å²) in [7, 11) is 1.54. The molecule has 0 aliphatic rings. The van der Waals surface area contributed by atoms with Crippen LogP contribution in [0, 0.1) is 0 Å². The molecule has 9 heteroatoms. The monoisotopic (exact) mass is 387 g/mol. The van der Waals surface area contributed by atoms with Crippen LogP contribution in [0.15, 0.2) is 12.1 Å². The van der Waals surface area contributed by atoms with Crippen LogP contribution in [0.3, 0.4) is 0 Å². The Bertz CT molecular complexity index is 892. The summed E-state index contributed by atoms with van der Waals surface area (Å²) < 4.78 is 5.90. The number of benzene rings is 1. The first-order valence-corrected chi connectivity index (χ1v) is 9.02. The van der Waals surface area contributed by atoms with Gasteiger partial charge in [-0.1, -0.05) is 41.5 Å². The zero-order valence-corrected chi connectivity index (χ0v) is 15.3. The van der Waals surface area contributed by atoms with E-state index in [4.69, 9.17) is 27.9 Å². The maximum atomic E-state index is 12.4. The third kappa shape index (κ3) is 3.01. The third-order valence-electron chi connectivity index (χ3n) is 3.12. The van der Waals surface area contributed by atoms with Crippen LogP contribution in [0.2, 0.25) is 10.0 Å². The first kappa shape index (κ1) is 16.4. The van der Waals surface area contributed by atoms with Gasteiger partial charge in [-0.15, -0.1) is 21.5 Å². The van der Waals surface area contributed by atoms with Gasteiger partial charge in [0.05, 0.1) is 16.8 Å². The number of fused-ring (bicyclic) bond motifs is 1. The number of rotatable bonds is 4. The van der Waals surface area contributed by atoms with Gasteiger partial charge in [0.25, 0.3) is 5.91 Å². The van der Waals surface area contributed by atoms with Gasteiger partial charge in [0, 0.05) is 5.39 Å². The van der Waals surface area contributed by atoms with Crippen molar-refractivity contribution in [1.29, 1.82) is 0 Å². The lowest BCUT2D eigenvalue weighted by atomic mass is 10.2. The highest BCUT2D eigenvalue weighted by molar-refractivity contribution is 7.22. The van der Waals surface area contributed by atoms with E-state index in [9.17, 15) is 4.79 Å². The van der Waals surface area contributed by atoms with Crippen molar-refractivity contribution >= 4 is 67.0 Å². The Balaban J connectivity index is 1.97. The maximum Gasteiger partial charge on any atom is 0.269 e. The Morgan fingerprint density at radius 2 is 2.04 bits per heavy atom. The number of hydrogen-bond acceptors (Lipinski definition) is 6. The van der Waals surface area contributed by atoms with Crippen molar-refractivity contribution in [3.05, 3.63) is 32.1 Å². The molecule has 1 aromatic carbocycles. The minimum absolute atomic E-state index is 0.329. The number of aryl methyl sites for hydroxylation is 1. The van der Waals surface area contributed by atoms with Gasteiger partial charge in [-0.2, -0.15) is 0 Å². The molecule has 3 rings (SSSR count). The first-order valence-electron chi connectivity index (χ1n) is 6.63. The van der Waals surface area contributed by atoms with Crippen LogP contribution >= 0.6 is 45.9 Å². The Morgan fingerprint density at radius 1 is 1.26 bits per heavy atom. The fourth-order valence-corrected chi connectivity index (χ4v) is 4.45. The van der Waals surface area contributed by atoms with Crippen molar-refractivity contribution in [3.8, 4) is 5.75 Å². The third-order valence-corrected chi connectivity index (χ3v) is 6.31. The van der Waals surface area contributed by atoms with E-state index in [1.807, 2.05) is 6.92 Å². The molecule has 0 spiro atoms. The summed E-state index contributed by atoms with van der Waals surface area (Å²) in [6.07, 6.45) is 0.770. The second-order valence-corrected chi connectivity index (χ2v) is 7.35. The molecule has 1 amide bonds. The van der Waals surface area contributed by atoms with E-state index >= 15 is 0 Å². The van der Waals surface area contributed by atoms with E-state index in [1.54, 1.807) is 12.1 Å². The molecular weight excluding hydrogens is 377 g/mol. The quantitative estimate of drug-likeness (QED) is 0.692. The van der Waals surface area contributed by atoms with Gasteiger partial charge in [-0.25, -0.2) is 0 Å². The van der Waals surface area contributed by atoms with Gasteiger partial charge in [0.2, 0.25) is 5.13 Å². The first-order chi connectivity index (χ1) is 11.0. The predicted octanol–water partition coefficient (Wildman–Crippen LogP) is 4.88. The summed E-state index contributed by atoms with van der Waals surface area (Å²) in [4.78, 5) is 12.8. The molecule has 2 aromatic heterocycles. The van der Waals surface area contributed by atoms with Crippen molar-refractivity contribution in [2.24, 2.45) is 0 Å². The molecule has 0 fully saturated rings. The van der Waals surface area contributed by atoms with Crippen LogP contribution in [-0.2, 0) is 6.42 Å². The summed E-state index contributed by atoms with van der Waals surface area (Å²) in [5.74, 6) is 0.214. The Kier molecular flexibility index (Phi) is 4.72. The number of amides is 1. The highest BCUT2D eigenvalue weighted by Crippen LogP contribution is 2.43. The number of nitrogens with one attached hydrogen (secondary N) is 1. The number of hydrogen-bond donors (Lipinski definition) is 1. The molecule has 120 valence electrons. The van der Waals surface area contributed by atoms with E-state index in [0.29, 0.717) is 30.5 Å². The van der Waals surface area contributed by atoms with Crippen LogP contribution < -0.4 is 10.1 Å². The summed E-state index contributed by atoms with van der Waals surface area (Å²) in [6, 6.07) is 3.51. The summed E-state index contributed by atoms with van der Waals surface area (Å²) in [6.45, 7) is 1.98. The van der Waals surface area contributed by atoms with Crippen LogP contribution in [0.25, 0.3) is 10.1 Å². The number of nitrogens with zero attached hydrogens (tertiary/aromatic N) is 2. The number of anilines is 1. The molecule has 0 aliphatic carbocycles. The number of ether oxygens (including phenoxy) is 1. The largest absolute Gasteiger partial charge is 0.495 e. The average molecular weight is 388 g/mol. The molecule has 0 saturated carbocycles. The van der Waals surface area contributed by atoms with E-state index in [-0.39, 0.29) is 5.91 Å². The van der Waals surface area contributed by atoms with Crippen molar-refractivity contribution < 1.29 is 9.53 Å². The molecule has 0 saturated heterocycles. The molecule has 0 aliphatic heterocycles. The topological polar surface area (TPSA) is 64.1 Å². The molecule has 1 N–H and O–H groups in total. The highest BCUT2D eigenvalue weighted by Gasteiger charge is 2.21. The van der Waals surface area contributed by atoms with Gasteiger partial charge in [0.1, 0.15) is 20.7 Å². The fraction of sp³-hybridized carbons (Fsp3) is 0.214. The van der Waals surface area contributed by atoms with Gasteiger partial charge in [0.15, 0.2) is 0 Å². The molecule has 0 radical (unpaired) electrons. The van der Waals surface area contributed by atoms with Gasteiger partial charge < -0.3 is 4.74 Å². The number of halogens is 2. The zero-order valence-electron chi connectivity index (χ0n) is 12.1. The normalized spacial score (nSPS) is 11.0. The van der Waals surface area contributed by atoms with E-state index in [0.717, 1.165) is 16.8 Å². The SMILES string of the molecule is CCc1nnc(NC(=O)c2sc3c(Cl)c(OC)ccc3c2Cl)s1. The lowest BCUT2D eigenvalue weighted by molar-refractivity contribution is 0.103. The number of aromatic nitrogens is 2. The van der Waals surface area contributed by atoms with Crippen molar-refractivity contribution in [1.82, 2.24) is 10.2 Å². The molecule has 23 heavy (non-hydrogen) atoms. The lowest BCUT2D eigenvalue weighted by Crippen LogP contribution is -2.10. The molecule has 0 atom stereocenters. The Hall–Kier alpha value is -1.41. The Morgan fingerprint density at radius 3 is 2.70 bits per heavy atom. The molecule has 5 nitrogen and oxygen atoms in total. The highest BCUT2D eigenvalue weighted by atomic mass is 35.5. The summed E-state index contributed by atoms with van der Waals surface area (Å²) >= 11 is 15.2. The fourth-order valence-electron chi connectivity index (χ4n) is 1.98. The standard InChI is InChI=1S/C14H11Cl2N3O2S2/c1-3-8-18-19-14(22-8)17-13(20)12-9(15)6-4-5-7(21-2)10(16)11(6)23-12/h4-5H,3H2,1-2H3,(H,17,19,20). The molecular formula is C14H11Cl2N3O2S2. The van der Waals surface area contributed by atoms with Gasteiger partial charge >= 0.3 is 0 Å². The second kappa shape index (κ2) is 6.60. The molecule has 0 bridgehead atoms. The van der Waals surface area contributed by atoms with E-state index in [1.165, 1.54) is 29.8 Å². The second-order valence-electron chi connectivity index (χ2n) is 4.51. The molecule has 2 heterocycles. The summed E-state index contributed by atoms with van der Waals surface area (Å²) in [5.41, 5.74) is 0. The number of methoxy groups -OCH3 is 1. The predicted molar refractivity (Wildman–Crippen MR) is 95.6 cm³/mol. The van der Waals surface area contributed by atoms with Crippen molar-refractivity contribution in [2.75, 3.05) is 12.4 Å². The van der Waals surface area contributed by atoms with E-state index < -0.39 is 0 Å². The van der Waals surface area contributed by atoms with Crippen LogP contribution in [-0.4, -0.2) is 23.2 Å². The molecule has 0 unspecified atom stereocenters. The lowest BCUT2D eigenvalue weighted by Gasteiger charge is -2.02. The minimum Gasteiger partial charge on any atom is -0.495 e. The molecule has 3 aromatic rings. The smallest absolute Gasteiger partial charge is 0.269 e. The average Bonchev–Trinajstić information content (AvgIpc) is 3.13. The minimum atomic E-state index is -0.329. The van der Waals surface area contributed by atoms with Crippen LogP contribution in [0.1, 0.15) is 21.6 Å². The van der Waals surface area contributed by atoms with Crippen LogP contribution in [0.4, 0.5) is 5.13 Å². The number of thiophene rings is 1. The zero-order chi connectivity index (χ0) is 16.6. The van der Waals surface area contributed by atoms with Gasteiger partial charge in [-0.3, -0.25) is 10.1 Å². The van der Waals surface area contributed by atoms with E-state index in [2.05, 4.69) is 15.5 Å². The maximum absolute atomic E-state index is 12.4. The number of carbonyl (C=O) groups is 1. The van der Waals surface area contributed by atoms with Crippen molar-refractivity contribution in [2.45, 2.75) is 13.3 Å². The van der Waals surface area contributed by atoms with Crippen molar-refractivity contribution in [3.63, 3.8) is 0 Å². The van der Waals surface area contributed by atoms with Crippen LogP contribution in [0.5, 0.6) is 5.75 Å². The van der Waals surface area contributed by atoms with Gasteiger partial charge in [-0.05, 0) is 18.6 Å². The Labute approximate surface area is 150 Å². The number of carbonyl (C=O) groups excluding carboxylic acids is 1.